The third-order valence-electron chi connectivity index (χ3n) is 3.31. The summed E-state index contributed by atoms with van der Waals surface area (Å²) in [5.41, 5.74) is 1.13. The van der Waals surface area contributed by atoms with Crippen LogP contribution in [-0.4, -0.2) is 20.9 Å². The van der Waals surface area contributed by atoms with Gasteiger partial charge in [-0.3, -0.25) is 4.79 Å². The molecule has 2 N–H and O–H groups in total. The van der Waals surface area contributed by atoms with Crippen molar-refractivity contribution in [2.24, 2.45) is 0 Å². The Morgan fingerprint density at radius 1 is 1.17 bits per heavy atom. The Balaban J connectivity index is 2.29. The van der Waals surface area contributed by atoms with E-state index >= 15 is 0 Å². The number of rotatable bonds is 6. The molecule has 2 rings (SSSR count). The van der Waals surface area contributed by atoms with Gasteiger partial charge >= 0.3 is 0 Å². The highest BCUT2D eigenvalue weighted by Crippen LogP contribution is 2.18. The SMILES string of the molecule is CCCNS(=O)(=O)c1ccc(F)c(C(=O)Nc2cccc(C)c2)c1. The average Bonchev–Trinajstić information content (AvgIpc) is 2.53. The average molecular weight is 350 g/mol. The molecule has 0 radical (unpaired) electrons. The summed E-state index contributed by atoms with van der Waals surface area (Å²) in [6.45, 7) is 3.96. The molecule has 0 saturated carbocycles. The van der Waals surface area contributed by atoms with Crippen LogP contribution < -0.4 is 10.0 Å². The minimum Gasteiger partial charge on any atom is -0.322 e. The second kappa shape index (κ2) is 7.55. The van der Waals surface area contributed by atoms with Crippen molar-refractivity contribution in [2.75, 3.05) is 11.9 Å². The molecule has 0 aliphatic rings. The summed E-state index contributed by atoms with van der Waals surface area (Å²) in [6.07, 6.45) is 0.626. The number of aryl methyl sites for hydroxylation is 1. The van der Waals surface area contributed by atoms with Gasteiger partial charge in [-0.05, 0) is 49.2 Å². The first kappa shape index (κ1) is 18.1. The van der Waals surface area contributed by atoms with Crippen LogP contribution >= 0.6 is 0 Å². The van der Waals surface area contributed by atoms with Gasteiger partial charge in [-0.25, -0.2) is 17.5 Å². The molecule has 0 aromatic heterocycles. The zero-order valence-corrected chi connectivity index (χ0v) is 14.3. The number of sulfonamides is 1. The van der Waals surface area contributed by atoms with E-state index in [1.807, 2.05) is 19.9 Å². The molecule has 5 nitrogen and oxygen atoms in total. The van der Waals surface area contributed by atoms with Gasteiger partial charge in [-0.2, -0.15) is 0 Å². The molecule has 0 saturated heterocycles. The number of halogens is 1. The van der Waals surface area contributed by atoms with Gasteiger partial charge in [0.05, 0.1) is 10.5 Å². The largest absolute Gasteiger partial charge is 0.322 e. The van der Waals surface area contributed by atoms with Crippen LogP contribution in [0.2, 0.25) is 0 Å². The minimum atomic E-state index is -3.77. The molecule has 0 unspecified atom stereocenters. The van der Waals surface area contributed by atoms with Gasteiger partial charge in [0.2, 0.25) is 10.0 Å². The van der Waals surface area contributed by atoms with Gasteiger partial charge < -0.3 is 5.32 Å². The number of anilines is 1. The van der Waals surface area contributed by atoms with E-state index in [9.17, 15) is 17.6 Å². The highest BCUT2D eigenvalue weighted by molar-refractivity contribution is 7.89. The normalized spacial score (nSPS) is 11.3. The van der Waals surface area contributed by atoms with Crippen LogP contribution in [0, 0.1) is 12.7 Å². The van der Waals surface area contributed by atoms with Gasteiger partial charge in [-0.1, -0.05) is 19.1 Å². The van der Waals surface area contributed by atoms with Gasteiger partial charge in [0.15, 0.2) is 0 Å². The van der Waals surface area contributed by atoms with Crippen molar-refractivity contribution in [3.63, 3.8) is 0 Å². The molecule has 0 bridgehead atoms. The number of nitrogens with one attached hydrogen (secondary N) is 2. The lowest BCUT2D eigenvalue weighted by Crippen LogP contribution is -2.25. The Bertz CT molecular complexity index is 851. The maximum Gasteiger partial charge on any atom is 0.258 e. The molecule has 1 amide bonds. The lowest BCUT2D eigenvalue weighted by Gasteiger charge is -2.10. The fraction of sp³-hybridized carbons (Fsp3) is 0.235. The van der Waals surface area contributed by atoms with Crippen LogP contribution in [0.5, 0.6) is 0 Å². The van der Waals surface area contributed by atoms with Crippen molar-refractivity contribution in [3.8, 4) is 0 Å². The Hall–Kier alpha value is -2.25. The van der Waals surface area contributed by atoms with E-state index in [0.717, 1.165) is 23.8 Å². The molecular formula is C17H19FN2O3S. The van der Waals surface area contributed by atoms with Gasteiger partial charge in [0.1, 0.15) is 5.82 Å². The van der Waals surface area contributed by atoms with Gasteiger partial charge in [0, 0.05) is 12.2 Å². The number of carbonyl (C=O) groups excluding carboxylic acids is 1. The summed E-state index contributed by atoms with van der Waals surface area (Å²) in [7, 11) is -3.77. The van der Waals surface area contributed by atoms with Crippen LogP contribution in [0.4, 0.5) is 10.1 Å². The maximum absolute atomic E-state index is 14.0. The standard InChI is InChI=1S/C17H19FN2O3S/c1-3-9-19-24(22,23)14-7-8-16(18)15(11-14)17(21)20-13-6-4-5-12(2)10-13/h4-8,10-11,19H,3,9H2,1-2H3,(H,20,21). The lowest BCUT2D eigenvalue weighted by atomic mass is 10.2. The summed E-state index contributed by atoms with van der Waals surface area (Å²) in [4.78, 5) is 12.1. The number of hydrogen-bond acceptors (Lipinski definition) is 3. The molecule has 0 atom stereocenters. The van der Waals surface area contributed by atoms with Crippen molar-refractivity contribution in [1.82, 2.24) is 4.72 Å². The Labute approximate surface area is 141 Å². The Kier molecular flexibility index (Phi) is 5.69. The predicted molar refractivity (Wildman–Crippen MR) is 91.0 cm³/mol. The predicted octanol–water partition coefficient (Wildman–Crippen LogP) is 3.07. The topological polar surface area (TPSA) is 75.3 Å². The van der Waals surface area contributed by atoms with Crippen LogP contribution in [0.1, 0.15) is 29.3 Å². The van der Waals surface area contributed by atoms with E-state index < -0.39 is 21.7 Å². The van der Waals surface area contributed by atoms with E-state index in [2.05, 4.69) is 10.0 Å². The zero-order valence-electron chi connectivity index (χ0n) is 13.5. The number of hydrogen-bond donors (Lipinski definition) is 2. The molecule has 0 spiro atoms. The summed E-state index contributed by atoms with van der Waals surface area (Å²) < 4.78 is 40.6. The van der Waals surface area contributed by atoms with Crippen molar-refractivity contribution in [2.45, 2.75) is 25.2 Å². The van der Waals surface area contributed by atoms with Crippen LogP contribution in [0.25, 0.3) is 0 Å². The molecule has 0 aliphatic heterocycles. The summed E-state index contributed by atoms with van der Waals surface area (Å²) >= 11 is 0. The van der Waals surface area contributed by atoms with Gasteiger partial charge in [-0.15, -0.1) is 0 Å². The number of carbonyl (C=O) groups is 1. The molecule has 2 aromatic carbocycles. The highest BCUT2D eigenvalue weighted by atomic mass is 32.2. The molecule has 7 heteroatoms. The van der Waals surface area contributed by atoms with E-state index in [-0.39, 0.29) is 17.0 Å². The zero-order chi connectivity index (χ0) is 17.7. The fourth-order valence-corrected chi connectivity index (χ4v) is 3.25. The van der Waals surface area contributed by atoms with Crippen LogP contribution in [0.15, 0.2) is 47.4 Å². The molecule has 128 valence electrons. The first-order valence-corrected chi connectivity index (χ1v) is 8.99. The monoisotopic (exact) mass is 350 g/mol. The van der Waals surface area contributed by atoms with Crippen molar-refractivity contribution >= 4 is 21.6 Å². The van der Waals surface area contributed by atoms with E-state index in [0.29, 0.717) is 12.1 Å². The molecule has 2 aromatic rings. The van der Waals surface area contributed by atoms with Gasteiger partial charge in [0.25, 0.3) is 5.91 Å². The van der Waals surface area contributed by atoms with Crippen molar-refractivity contribution in [1.29, 1.82) is 0 Å². The quantitative estimate of drug-likeness (QED) is 0.841. The lowest BCUT2D eigenvalue weighted by molar-refractivity contribution is 0.102. The second-order valence-corrected chi connectivity index (χ2v) is 7.13. The molecule has 0 aliphatic carbocycles. The highest BCUT2D eigenvalue weighted by Gasteiger charge is 2.19. The maximum atomic E-state index is 14.0. The van der Waals surface area contributed by atoms with Crippen LogP contribution in [-0.2, 0) is 10.0 Å². The smallest absolute Gasteiger partial charge is 0.258 e. The summed E-state index contributed by atoms with van der Waals surface area (Å²) in [5, 5.41) is 2.57. The van der Waals surface area contributed by atoms with E-state index in [1.165, 1.54) is 0 Å². The minimum absolute atomic E-state index is 0.147. The van der Waals surface area contributed by atoms with Crippen molar-refractivity contribution < 1.29 is 17.6 Å². The fourth-order valence-electron chi connectivity index (χ4n) is 2.09. The third kappa shape index (κ3) is 4.39. The number of amides is 1. The molecule has 24 heavy (non-hydrogen) atoms. The second-order valence-electron chi connectivity index (χ2n) is 5.36. The van der Waals surface area contributed by atoms with E-state index in [4.69, 9.17) is 0 Å². The van der Waals surface area contributed by atoms with Crippen molar-refractivity contribution in [3.05, 3.63) is 59.4 Å². The Morgan fingerprint density at radius 3 is 2.58 bits per heavy atom. The summed E-state index contributed by atoms with van der Waals surface area (Å²) in [5.74, 6) is -1.49. The molecular weight excluding hydrogens is 331 g/mol. The third-order valence-corrected chi connectivity index (χ3v) is 4.77. The molecule has 0 fully saturated rings. The first-order chi connectivity index (χ1) is 11.3. The summed E-state index contributed by atoms with van der Waals surface area (Å²) in [6, 6.07) is 10.2. The number of benzene rings is 2. The van der Waals surface area contributed by atoms with Crippen LogP contribution in [0.3, 0.4) is 0 Å². The Morgan fingerprint density at radius 2 is 1.92 bits per heavy atom. The van der Waals surface area contributed by atoms with E-state index in [1.54, 1.807) is 18.2 Å². The first-order valence-electron chi connectivity index (χ1n) is 7.50. The molecule has 0 heterocycles.